The fraction of sp³-hybridized carbons (Fsp3) is 0.680. The Bertz CT molecular complexity index is 629. The Morgan fingerprint density at radius 1 is 1.03 bits per heavy atom. The smallest absolute Gasteiger partial charge is 0.102 e. The van der Waals surface area contributed by atoms with E-state index in [1.807, 2.05) is 30.3 Å². The number of benzene rings is 1. The lowest BCUT2D eigenvalue weighted by Crippen LogP contribution is -2.30. The zero-order chi connectivity index (χ0) is 21.3. The first-order valence-electron chi connectivity index (χ1n) is 11.8. The standard InChI is InChI=1S/C25H39N3O2/c1-2-3-4-5-6-7-8-9-10-11-12-16-19-24-25(23(21-29-24)27-28-26)30-20-22-17-14-13-15-18-22/h13-19,23-25H,2-12,20-21H2,1H3/b19-16-/t23-,24-,25-/m1/s1. The van der Waals surface area contributed by atoms with Gasteiger partial charge in [-0.15, -0.1) is 0 Å². The highest BCUT2D eigenvalue weighted by Gasteiger charge is 2.36. The Morgan fingerprint density at radius 3 is 2.37 bits per heavy atom. The fourth-order valence-electron chi connectivity index (χ4n) is 3.90. The first-order valence-corrected chi connectivity index (χ1v) is 11.8. The third kappa shape index (κ3) is 9.80. The largest absolute Gasteiger partial charge is 0.371 e. The normalized spacial score (nSPS) is 21.2. The maximum absolute atomic E-state index is 8.83. The number of azide groups is 1. The highest BCUT2D eigenvalue weighted by molar-refractivity contribution is 5.14. The quantitative estimate of drug-likeness (QED) is 0.0924. The molecule has 3 atom stereocenters. The number of nitrogens with zero attached hydrogens (tertiary/aromatic N) is 3. The molecule has 0 amide bonds. The van der Waals surface area contributed by atoms with Gasteiger partial charge in [-0.1, -0.05) is 112 Å². The maximum atomic E-state index is 8.83. The third-order valence-electron chi connectivity index (χ3n) is 5.70. The van der Waals surface area contributed by atoms with Gasteiger partial charge in [0.1, 0.15) is 6.10 Å². The molecule has 0 radical (unpaired) electrons. The SMILES string of the molecule is CCCCCCCCCCCC/C=C\[C@H]1OC[C@@H](N=[N+]=[N-])[C@H]1OCc1ccccc1. The zero-order valence-electron chi connectivity index (χ0n) is 18.6. The Labute approximate surface area is 182 Å². The van der Waals surface area contributed by atoms with Crippen molar-refractivity contribution in [2.75, 3.05) is 6.61 Å². The van der Waals surface area contributed by atoms with Gasteiger partial charge in [0, 0.05) is 4.91 Å². The van der Waals surface area contributed by atoms with Gasteiger partial charge < -0.3 is 9.47 Å². The minimum atomic E-state index is -0.273. The average Bonchev–Trinajstić information content (AvgIpc) is 3.15. The van der Waals surface area contributed by atoms with Crippen molar-refractivity contribution in [3.63, 3.8) is 0 Å². The van der Waals surface area contributed by atoms with Gasteiger partial charge in [0.15, 0.2) is 0 Å². The molecule has 0 N–H and O–H groups in total. The van der Waals surface area contributed by atoms with E-state index in [2.05, 4.69) is 29.1 Å². The summed E-state index contributed by atoms with van der Waals surface area (Å²) in [7, 11) is 0. The van der Waals surface area contributed by atoms with Gasteiger partial charge in [0.25, 0.3) is 0 Å². The molecule has 1 aromatic rings. The molecule has 30 heavy (non-hydrogen) atoms. The van der Waals surface area contributed by atoms with Gasteiger partial charge in [-0.05, 0) is 23.9 Å². The van der Waals surface area contributed by atoms with Gasteiger partial charge in [-0.25, -0.2) is 0 Å². The minimum Gasteiger partial charge on any atom is -0.371 e. The molecule has 5 heteroatoms. The highest BCUT2D eigenvalue weighted by atomic mass is 16.6. The Hall–Kier alpha value is -1.81. The summed E-state index contributed by atoms with van der Waals surface area (Å²) in [5.74, 6) is 0. The summed E-state index contributed by atoms with van der Waals surface area (Å²) in [6, 6.07) is 9.79. The first-order chi connectivity index (χ1) is 14.8. The fourth-order valence-corrected chi connectivity index (χ4v) is 3.90. The van der Waals surface area contributed by atoms with Gasteiger partial charge >= 0.3 is 0 Å². The van der Waals surface area contributed by atoms with Crippen molar-refractivity contribution >= 4 is 0 Å². The molecule has 0 unspecified atom stereocenters. The number of hydrogen-bond donors (Lipinski definition) is 0. The Balaban J connectivity index is 1.63. The molecule has 0 saturated carbocycles. The zero-order valence-corrected chi connectivity index (χ0v) is 18.6. The molecule has 2 rings (SSSR count). The van der Waals surface area contributed by atoms with Crippen molar-refractivity contribution in [2.45, 2.75) is 102 Å². The Morgan fingerprint density at radius 2 is 1.70 bits per heavy atom. The monoisotopic (exact) mass is 413 g/mol. The summed E-state index contributed by atoms with van der Waals surface area (Å²) in [4.78, 5) is 2.96. The van der Waals surface area contributed by atoms with Gasteiger partial charge in [-0.2, -0.15) is 0 Å². The second kappa shape index (κ2) is 16.0. The molecule has 1 aromatic carbocycles. The van der Waals surface area contributed by atoms with Crippen LogP contribution in [-0.4, -0.2) is 24.9 Å². The van der Waals surface area contributed by atoms with E-state index in [1.54, 1.807) is 0 Å². The summed E-state index contributed by atoms with van der Waals surface area (Å²) in [5.41, 5.74) is 9.94. The van der Waals surface area contributed by atoms with E-state index in [1.165, 1.54) is 64.2 Å². The van der Waals surface area contributed by atoms with Gasteiger partial charge in [-0.3, -0.25) is 0 Å². The molecule has 5 nitrogen and oxygen atoms in total. The average molecular weight is 414 g/mol. The van der Waals surface area contributed by atoms with Crippen LogP contribution in [0, 0.1) is 0 Å². The van der Waals surface area contributed by atoms with Crippen molar-refractivity contribution in [3.05, 3.63) is 58.5 Å². The van der Waals surface area contributed by atoms with Crippen molar-refractivity contribution in [2.24, 2.45) is 5.11 Å². The number of hydrogen-bond acceptors (Lipinski definition) is 3. The van der Waals surface area contributed by atoms with Crippen LogP contribution >= 0.6 is 0 Å². The van der Waals surface area contributed by atoms with E-state index in [4.69, 9.17) is 15.0 Å². The van der Waals surface area contributed by atoms with Crippen LogP contribution in [0.1, 0.15) is 83.1 Å². The van der Waals surface area contributed by atoms with Crippen LogP contribution in [0.25, 0.3) is 10.4 Å². The summed E-state index contributed by atoms with van der Waals surface area (Å²) >= 11 is 0. The van der Waals surface area contributed by atoms with Crippen LogP contribution in [0.3, 0.4) is 0 Å². The van der Waals surface area contributed by atoms with Crippen LogP contribution in [0.5, 0.6) is 0 Å². The summed E-state index contributed by atoms with van der Waals surface area (Å²) in [6.45, 7) is 3.18. The lowest BCUT2D eigenvalue weighted by atomic mass is 10.1. The molecule has 1 aliphatic rings. The van der Waals surface area contributed by atoms with Crippen LogP contribution in [0.2, 0.25) is 0 Å². The van der Waals surface area contributed by atoms with Crippen LogP contribution in [-0.2, 0) is 16.1 Å². The number of allylic oxidation sites excluding steroid dienone is 1. The summed E-state index contributed by atoms with van der Waals surface area (Å²) in [6.07, 6.45) is 18.5. The molecule has 0 aromatic heterocycles. The highest BCUT2D eigenvalue weighted by Crippen LogP contribution is 2.23. The van der Waals surface area contributed by atoms with Crippen molar-refractivity contribution in [1.82, 2.24) is 0 Å². The van der Waals surface area contributed by atoms with Crippen molar-refractivity contribution < 1.29 is 9.47 Å². The van der Waals surface area contributed by atoms with E-state index in [0.29, 0.717) is 13.2 Å². The number of ether oxygens (including phenoxy) is 2. The van der Waals surface area contributed by atoms with E-state index < -0.39 is 0 Å². The van der Waals surface area contributed by atoms with E-state index in [-0.39, 0.29) is 18.2 Å². The van der Waals surface area contributed by atoms with E-state index in [9.17, 15) is 0 Å². The second-order valence-corrected chi connectivity index (χ2v) is 8.23. The van der Waals surface area contributed by atoms with Crippen LogP contribution < -0.4 is 0 Å². The van der Waals surface area contributed by atoms with Crippen LogP contribution in [0.15, 0.2) is 47.6 Å². The topological polar surface area (TPSA) is 67.2 Å². The number of rotatable bonds is 16. The molecule has 0 spiro atoms. The molecule has 1 saturated heterocycles. The predicted octanol–water partition coefficient (Wildman–Crippen LogP) is 7.52. The summed E-state index contributed by atoms with van der Waals surface area (Å²) < 4.78 is 11.9. The lowest BCUT2D eigenvalue weighted by Gasteiger charge is -2.19. The van der Waals surface area contributed by atoms with Gasteiger partial charge in [0.2, 0.25) is 0 Å². The molecule has 1 aliphatic heterocycles. The predicted molar refractivity (Wildman–Crippen MR) is 123 cm³/mol. The van der Waals surface area contributed by atoms with Crippen LogP contribution in [0.4, 0.5) is 0 Å². The second-order valence-electron chi connectivity index (χ2n) is 8.23. The van der Waals surface area contributed by atoms with Crippen molar-refractivity contribution in [1.29, 1.82) is 0 Å². The molecule has 166 valence electrons. The molecule has 0 bridgehead atoms. The maximum Gasteiger partial charge on any atom is 0.102 e. The third-order valence-corrected chi connectivity index (χ3v) is 5.70. The van der Waals surface area contributed by atoms with Crippen molar-refractivity contribution in [3.8, 4) is 0 Å². The summed E-state index contributed by atoms with van der Waals surface area (Å²) in [5, 5.41) is 3.87. The van der Waals surface area contributed by atoms with E-state index in [0.717, 1.165) is 12.0 Å². The molecular weight excluding hydrogens is 374 g/mol. The first kappa shape index (κ1) is 24.5. The lowest BCUT2D eigenvalue weighted by molar-refractivity contribution is -0.000813. The van der Waals surface area contributed by atoms with E-state index >= 15 is 0 Å². The number of unbranched alkanes of at least 4 members (excludes halogenated alkanes) is 10. The molecular formula is C25H39N3O2. The molecule has 1 fully saturated rings. The molecule has 0 aliphatic carbocycles. The molecule has 1 heterocycles. The van der Waals surface area contributed by atoms with Gasteiger partial charge in [0.05, 0.1) is 25.4 Å². The minimum absolute atomic E-state index is 0.146. The Kier molecular flexibility index (Phi) is 13.0.